The lowest BCUT2D eigenvalue weighted by Crippen LogP contribution is -2.32. The van der Waals surface area contributed by atoms with Crippen molar-refractivity contribution in [1.82, 2.24) is 4.90 Å². The summed E-state index contributed by atoms with van der Waals surface area (Å²) in [6.07, 6.45) is -1.31. The Labute approximate surface area is 212 Å². The van der Waals surface area contributed by atoms with E-state index >= 15 is 0 Å². The Kier molecular flexibility index (Phi) is 7.61. The lowest BCUT2D eigenvalue weighted by Gasteiger charge is -2.13. The Balaban J connectivity index is 1.48. The molecule has 0 aliphatic carbocycles. The molecule has 1 aliphatic heterocycles. The van der Waals surface area contributed by atoms with E-state index in [0.717, 1.165) is 33.9 Å². The van der Waals surface area contributed by atoms with Gasteiger partial charge in [0.15, 0.2) is 5.17 Å². The zero-order valence-electron chi connectivity index (χ0n) is 18.2. The number of amidine groups is 1. The van der Waals surface area contributed by atoms with E-state index in [4.69, 9.17) is 4.42 Å². The SMILES string of the molecule is C=CCN1C(=O)[C@@H](Cc2cccc(C(F)(F)F)c2)S/C1=N\N=C/c1ccc(-c2ccc(Br)cc2)o1. The predicted octanol–water partition coefficient (Wildman–Crippen LogP) is 6.79. The number of carbonyl (C=O) groups is 1. The molecule has 0 unspecified atom stereocenters. The second-order valence-corrected chi connectivity index (χ2v) is 9.67. The number of carbonyl (C=O) groups excluding carboxylic acids is 1. The van der Waals surface area contributed by atoms with E-state index in [2.05, 4.69) is 32.7 Å². The van der Waals surface area contributed by atoms with Gasteiger partial charge in [0.1, 0.15) is 11.5 Å². The Morgan fingerprint density at radius 1 is 1.14 bits per heavy atom. The smallest absolute Gasteiger partial charge is 0.416 e. The maximum Gasteiger partial charge on any atom is 0.416 e. The second-order valence-electron chi connectivity index (χ2n) is 7.58. The molecule has 0 radical (unpaired) electrons. The molecule has 1 aromatic heterocycles. The minimum Gasteiger partial charge on any atom is -0.455 e. The molecular formula is C25H19BrF3N3O2S. The Morgan fingerprint density at radius 3 is 2.63 bits per heavy atom. The van der Waals surface area contributed by atoms with Crippen LogP contribution in [0.5, 0.6) is 0 Å². The highest BCUT2D eigenvalue weighted by atomic mass is 79.9. The highest BCUT2D eigenvalue weighted by Crippen LogP contribution is 2.33. The summed E-state index contributed by atoms with van der Waals surface area (Å²) in [5, 5.41) is 7.97. The summed E-state index contributed by atoms with van der Waals surface area (Å²) in [6.45, 7) is 3.88. The first kappa shape index (κ1) is 25.0. The molecule has 2 aromatic carbocycles. The highest BCUT2D eigenvalue weighted by molar-refractivity contribution is 9.10. The maximum absolute atomic E-state index is 13.0. The molecule has 4 rings (SSSR count). The summed E-state index contributed by atoms with van der Waals surface area (Å²) in [4.78, 5) is 14.3. The number of benzene rings is 2. The number of nitrogens with zero attached hydrogens (tertiary/aromatic N) is 3. The third-order valence-electron chi connectivity index (χ3n) is 5.09. The minimum atomic E-state index is -4.44. The fraction of sp³-hybridized carbons (Fsp3) is 0.160. The van der Waals surface area contributed by atoms with Gasteiger partial charge in [-0.25, -0.2) is 0 Å². The average molecular weight is 562 g/mol. The van der Waals surface area contributed by atoms with Gasteiger partial charge in [-0.2, -0.15) is 18.3 Å². The number of hydrogen-bond donors (Lipinski definition) is 0. The summed E-state index contributed by atoms with van der Waals surface area (Å²) in [5.41, 5.74) is 0.587. The Hall–Kier alpha value is -3.11. The predicted molar refractivity (Wildman–Crippen MR) is 135 cm³/mol. The largest absolute Gasteiger partial charge is 0.455 e. The molecule has 1 atom stereocenters. The van der Waals surface area contributed by atoms with Crippen LogP contribution >= 0.6 is 27.7 Å². The van der Waals surface area contributed by atoms with E-state index in [0.29, 0.717) is 22.3 Å². The van der Waals surface area contributed by atoms with Crippen LogP contribution in [0.4, 0.5) is 13.2 Å². The molecule has 35 heavy (non-hydrogen) atoms. The Morgan fingerprint density at radius 2 is 1.91 bits per heavy atom. The van der Waals surface area contributed by atoms with Crippen LogP contribution in [0.1, 0.15) is 16.9 Å². The third-order valence-corrected chi connectivity index (χ3v) is 6.79. The Bertz CT molecular complexity index is 1290. The molecule has 1 aliphatic rings. The molecule has 0 bridgehead atoms. The van der Waals surface area contributed by atoms with E-state index in [-0.39, 0.29) is 18.9 Å². The summed E-state index contributed by atoms with van der Waals surface area (Å²) < 4.78 is 45.9. The van der Waals surface area contributed by atoms with Crippen molar-refractivity contribution < 1.29 is 22.4 Å². The number of rotatable bonds is 7. The topological polar surface area (TPSA) is 58.2 Å². The van der Waals surface area contributed by atoms with Crippen LogP contribution in [0.25, 0.3) is 11.3 Å². The van der Waals surface area contributed by atoms with Crippen molar-refractivity contribution in [3.63, 3.8) is 0 Å². The van der Waals surface area contributed by atoms with Gasteiger partial charge < -0.3 is 4.42 Å². The van der Waals surface area contributed by atoms with Crippen molar-refractivity contribution in [2.45, 2.75) is 17.8 Å². The van der Waals surface area contributed by atoms with Crippen LogP contribution in [0.3, 0.4) is 0 Å². The van der Waals surface area contributed by atoms with Crippen molar-refractivity contribution in [2.24, 2.45) is 10.2 Å². The lowest BCUT2D eigenvalue weighted by atomic mass is 10.1. The summed E-state index contributed by atoms with van der Waals surface area (Å²) >= 11 is 4.56. The molecule has 1 fully saturated rings. The fourth-order valence-corrected chi connectivity index (χ4v) is 4.84. The molecule has 5 nitrogen and oxygen atoms in total. The van der Waals surface area contributed by atoms with Crippen LogP contribution in [0, 0.1) is 0 Å². The second kappa shape index (κ2) is 10.7. The number of halogens is 4. The third kappa shape index (κ3) is 6.12. The van der Waals surface area contributed by atoms with Gasteiger partial charge in [-0.1, -0.05) is 64.1 Å². The fourth-order valence-electron chi connectivity index (χ4n) is 3.43. The molecule has 2 heterocycles. The molecule has 1 amide bonds. The van der Waals surface area contributed by atoms with Crippen LogP contribution in [-0.2, 0) is 17.4 Å². The maximum atomic E-state index is 13.0. The number of alkyl halides is 3. The molecule has 0 saturated carbocycles. The van der Waals surface area contributed by atoms with E-state index in [1.807, 2.05) is 30.3 Å². The summed E-state index contributed by atoms with van der Waals surface area (Å²) in [5.74, 6) is 0.903. The zero-order valence-corrected chi connectivity index (χ0v) is 20.6. The molecule has 10 heteroatoms. The zero-order chi connectivity index (χ0) is 25.0. The molecule has 0 N–H and O–H groups in total. The van der Waals surface area contributed by atoms with Crippen molar-refractivity contribution in [3.05, 3.63) is 94.7 Å². The van der Waals surface area contributed by atoms with Gasteiger partial charge in [0, 0.05) is 16.6 Å². The van der Waals surface area contributed by atoms with Gasteiger partial charge in [-0.05, 0) is 42.3 Å². The summed E-state index contributed by atoms with van der Waals surface area (Å²) in [7, 11) is 0. The highest BCUT2D eigenvalue weighted by Gasteiger charge is 2.38. The lowest BCUT2D eigenvalue weighted by molar-refractivity contribution is -0.137. The van der Waals surface area contributed by atoms with E-state index in [1.165, 1.54) is 17.2 Å². The van der Waals surface area contributed by atoms with Gasteiger partial charge in [0.2, 0.25) is 5.91 Å². The normalized spacial score (nSPS) is 17.6. The quantitative estimate of drug-likeness (QED) is 0.181. The van der Waals surface area contributed by atoms with Gasteiger partial charge in [0.05, 0.1) is 17.0 Å². The minimum absolute atomic E-state index is 0.137. The van der Waals surface area contributed by atoms with E-state index < -0.39 is 17.0 Å². The molecule has 180 valence electrons. The van der Waals surface area contributed by atoms with E-state index in [9.17, 15) is 18.0 Å². The van der Waals surface area contributed by atoms with Crippen molar-refractivity contribution in [3.8, 4) is 11.3 Å². The van der Waals surface area contributed by atoms with Gasteiger partial charge >= 0.3 is 6.18 Å². The van der Waals surface area contributed by atoms with Gasteiger partial charge in [-0.15, -0.1) is 11.7 Å². The van der Waals surface area contributed by atoms with Crippen molar-refractivity contribution in [1.29, 1.82) is 0 Å². The van der Waals surface area contributed by atoms with Crippen LogP contribution in [0.15, 0.2) is 92.4 Å². The molecule has 1 saturated heterocycles. The molecule has 3 aromatic rings. The number of hydrogen-bond acceptors (Lipinski definition) is 5. The first-order chi connectivity index (χ1) is 16.7. The number of furan rings is 1. The summed E-state index contributed by atoms with van der Waals surface area (Å²) in [6, 6.07) is 16.2. The van der Waals surface area contributed by atoms with Crippen LogP contribution in [0.2, 0.25) is 0 Å². The van der Waals surface area contributed by atoms with Crippen molar-refractivity contribution >= 4 is 45.0 Å². The monoisotopic (exact) mass is 561 g/mol. The van der Waals surface area contributed by atoms with Crippen LogP contribution in [-0.4, -0.2) is 34.0 Å². The van der Waals surface area contributed by atoms with Crippen LogP contribution < -0.4 is 0 Å². The van der Waals surface area contributed by atoms with E-state index in [1.54, 1.807) is 18.2 Å². The first-order valence-corrected chi connectivity index (χ1v) is 12.1. The molecular weight excluding hydrogens is 543 g/mol. The van der Waals surface area contributed by atoms with Gasteiger partial charge in [-0.3, -0.25) is 9.69 Å². The van der Waals surface area contributed by atoms with Gasteiger partial charge in [0.25, 0.3) is 0 Å². The first-order valence-electron chi connectivity index (χ1n) is 10.5. The number of thioether (sulfide) groups is 1. The average Bonchev–Trinajstić information content (AvgIpc) is 3.40. The standard InChI is InChI=1S/C25H19BrF3N3O2S/c1-2-12-32-23(33)22(14-16-4-3-5-18(13-16)25(27,28)29)35-24(32)31-30-15-20-10-11-21(34-20)17-6-8-19(26)9-7-17/h2-11,13,15,22H,1,12,14H2/b30-15-,31-24-/t22-/m1/s1. The molecule has 0 spiro atoms. The van der Waals surface area contributed by atoms with Crippen molar-refractivity contribution in [2.75, 3.05) is 6.54 Å². The number of amides is 1.